The average Bonchev–Trinajstić information content (AvgIpc) is 2.81. The summed E-state index contributed by atoms with van der Waals surface area (Å²) in [5.41, 5.74) is 11.4. The van der Waals surface area contributed by atoms with Gasteiger partial charge in [0.1, 0.15) is 17.7 Å². The molecule has 0 aromatic carbocycles. The van der Waals surface area contributed by atoms with Crippen LogP contribution in [0, 0.1) is 0 Å². The van der Waals surface area contributed by atoms with Crippen LogP contribution >= 0.6 is 0 Å². The highest BCUT2D eigenvalue weighted by Crippen LogP contribution is 2.18. The van der Waals surface area contributed by atoms with Gasteiger partial charge in [0, 0.05) is 6.07 Å². The van der Waals surface area contributed by atoms with E-state index in [9.17, 15) is 0 Å². The number of ether oxygens (including phenoxy) is 1. The fraction of sp³-hybridized carbons (Fsp3) is 0.200. The van der Waals surface area contributed by atoms with Crippen LogP contribution in [0.2, 0.25) is 0 Å². The molecule has 2 aromatic heterocycles. The SMILES string of the molecule is COc1cc(NC(N)c2ccco2)nc(N)n1. The summed E-state index contributed by atoms with van der Waals surface area (Å²) in [7, 11) is 1.50. The van der Waals surface area contributed by atoms with Crippen LogP contribution in [0.15, 0.2) is 28.9 Å². The van der Waals surface area contributed by atoms with Crippen molar-refractivity contribution in [3.63, 3.8) is 0 Å². The second-order valence-electron chi connectivity index (χ2n) is 3.29. The first-order chi connectivity index (χ1) is 8.19. The third-order valence-electron chi connectivity index (χ3n) is 2.08. The van der Waals surface area contributed by atoms with Crippen molar-refractivity contribution in [1.82, 2.24) is 9.97 Å². The minimum Gasteiger partial charge on any atom is -0.481 e. The lowest BCUT2D eigenvalue weighted by Gasteiger charge is -2.12. The van der Waals surface area contributed by atoms with Crippen molar-refractivity contribution < 1.29 is 9.15 Å². The second kappa shape index (κ2) is 4.71. The van der Waals surface area contributed by atoms with E-state index < -0.39 is 6.17 Å². The molecule has 2 rings (SSSR count). The smallest absolute Gasteiger partial charge is 0.225 e. The monoisotopic (exact) mass is 235 g/mol. The molecule has 0 aliphatic rings. The summed E-state index contributed by atoms with van der Waals surface area (Å²) in [6, 6.07) is 5.12. The minimum absolute atomic E-state index is 0.110. The average molecular weight is 235 g/mol. The summed E-state index contributed by atoms with van der Waals surface area (Å²) in [6.45, 7) is 0. The van der Waals surface area contributed by atoms with Crippen LogP contribution in [0.1, 0.15) is 11.9 Å². The summed E-state index contributed by atoms with van der Waals surface area (Å²) in [4.78, 5) is 7.85. The van der Waals surface area contributed by atoms with Gasteiger partial charge in [-0.2, -0.15) is 9.97 Å². The number of nitrogens with two attached hydrogens (primary N) is 2. The number of hydrogen-bond acceptors (Lipinski definition) is 7. The van der Waals surface area contributed by atoms with E-state index in [1.54, 1.807) is 24.5 Å². The van der Waals surface area contributed by atoms with Crippen LogP contribution < -0.4 is 21.5 Å². The molecule has 0 radical (unpaired) electrons. The second-order valence-corrected chi connectivity index (χ2v) is 3.29. The highest BCUT2D eigenvalue weighted by molar-refractivity contribution is 5.43. The van der Waals surface area contributed by atoms with Crippen LogP contribution in [0.25, 0.3) is 0 Å². The van der Waals surface area contributed by atoms with Gasteiger partial charge in [-0.1, -0.05) is 0 Å². The number of nitrogens with zero attached hydrogens (tertiary/aromatic N) is 2. The van der Waals surface area contributed by atoms with Crippen LogP contribution in [0.4, 0.5) is 11.8 Å². The molecule has 0 aliphatic carbocycles. The first kappa shape index (κ1) is 11.2. The van der Waals surface area contributed by atoms with Gasteiger partial charge < -0.3 is 25.9 Å². The predicted molar refractivity (Wildman–Crippen MR) is 62.3 cm³/mol. The van der Waals surface area contributed by atoms with E-state index in [2.05, 4.69) is 15.3 Å². The van der Waals surface area contributed by atoms with E-state index in [4.69, 9.17) is 20.6 Å². The molecule has 0 spiro atoms. The van der Waals surface area contributed by atoms with Crippen molar-refractivity contribution in [2.24, 2.45) is 5.73 Å². The number of hydrogen-bond donors (Lipinski definition) is 3. The van der Waals surface area contributed by atoms with Gasteiger partial charge >= 0.3 is 0 Å². The van der Waals surface area contributed by atoms with Crippen molar-refractivity contribution in [2.45, 2.75) is 6.17 Å². The van der Waals surface area contributed by atoms with Crippen molar-refractivity contribution >= 4 is 11.8 Å². The molecule has 0 saturated heterocycles. The number of aromatic nitrogens is 2. The van der Waals surface area contributed by atoms with Gasteiger partial charge in [0.15, 0.2) is 0 Å². The third kappa shape index (κ3) is 2.64. The Kier molecular flexibility index (Phi) is 3.10. The molecule has 0 saturated carbocycles. The molecule has 0 bridgehead atoms. The Bertz CT molecular complexity index is 485. The van der Waals surface area contributed by atoms with Crippen molar-refractivity contribution in [3.05, 3.63) is 30.2 Å². The van der Waals surface area contributed by atoms with Gasteiger partial charge in [0.25, 0.3) is 0 Å². The summed E-state index contributed by atoms with van der Waals surface area (Å²) < 4.78 is 10.1. The quantitative estimate of drug-likeness (QED) is 0.669. The fourth-order valence-corrected chi connectivity index (χ4v) is 1.32. The Hall–Kier alpha value is -2.28. The number of furan rings is 1. The molecule has 7 heteroatoms. The maximum atomic E-state index is 5.87. The molecule has 0 fully saturated rings. The van der Waals surface area contributed by atoms with E-state index in [1.807, 2.05) is 0 Å². The van der Waals surface area contributed by atoms with Gasteiger partial charge in [-0.25, -0.2) is 0 Å². The largest absolute Gasteiger partial charge is 0.481 e. The number of nitrogens with one attached hydrogen (secondary N) is 1. The van der Waals surface area contributed by atoms with Crippen molar-refractivity contribution in [2.75, 3.05) is 18.2 Å². The van der Waals surface area contributed by atoms with Crippen LogP contribution in [0.5, 0.6) is 5.88 Å². The van der Waals surface area contributed by atoms with Gasteiger partial charge in [-0.15, -0.1) is 0 Å². The maximum Gasteiger partial charge on any atom is 0.225 e. The van der Waals surface area contributed by atoms with E-state index >= 15 is 0 Å². The Labute approximate surface area is 97.8 Å². The summed E-state index contributed by atoms with van der Waals surface area (Å²) in [6.07, 6.45) is 1.04. The molecule has 17 heavy (non-hydrogen) atoms. The Morgan fingerprint density at radius 3 is 2.94 bits per heavy atom. The lowest BCUT2D eigenvalue weighted by Crippen LogP contribution is -2.20. The lowest BCUT2D eigenvalue weighted by atomic mass is 10.3. The van der Waals surface area contributed by atoms with Crippen molar-refractivity contribution in [1.29, 1.82) is 0 Å². The standard InChI is InChI=1S/C10H13N5O2/c1-16-8-5-7(14-10(12)15-8)13-9(11)6-3-2-4-17-6/h2-5,9H,11H2,1H3,(H3,12,13,14,15). The summed E-state index contributed by atoms with van der Waals surface area (Å²) in [5.74, 6) is 1.55. The van der Waals surface area contributed by atoms with E-state index in [0.717, 1.165) is 0 Å². The van der Waals surface area contributed by atoms with Gasteiger partial charge in [-0.3, -0.25) is 0 Å². The molecule has 0 amide bonds. The Balaban J connectivity index is 2.15. The molecule has 5 N–H and O–H groups in total. The number of methoxy groups -OCH3 is 1. The highest BCUT2D eigenvalue weighted by atomic mass is 16.5. The molecule has 1 atom stereocenters. The zero-order chi connectivity index (χ0) is 12.3. The molecular formula is C10H13N5O2. The molecule has 90 valence electrons. The lowest BCUT2D eigenvalue weighted by molar-refractivity contribution is 0.398. The summed E-state index contributed by atoms with van der Waals surface area (Å²) in [5, 5.41) is 2.93. The molecule has 2 heterocycles. The van der Waals surface area contributed by atoms with Gasteiger partial charge in [-0.05, 0) is 12.1 Å². The third-order valence-corrected chi connectivity index (χ3v) is 2.08. The van der Waals surface area contributed by atoms with Crippen LogP contribution in [-0.2, 0) is 0 Å². The summed E-state index contributed by atoms with van der Waals surface area (Å²) >= 11 is 0. The highest BCUT2D eigenvalue weighted by Gasteiger charge is 2.10. The predicted octanol–water partition coefficient (Wildman–Crippen LogP) is 0.730. The normalized spacial score (nSPS) is 12.1. The maximum absolute atomic E-state index is 5.87. The van der Waals surface area contributed by atoms with E-state index in [1.165, 1.54) is 7.11 Å². The topological polar surface area (TPSA) is 112 Å². The number of nitrogen functional groups attached to an aromatic ring is 1. The van der Waals surface area contributed by atoms with Gasteiger partial charge in [0.2, 0.25) is 11.8 Å². The van der Waals surface area contributed by atoms with Crippen molar-refractivity contribution in [3.8, 4) is 5.88 Å². The first-order valence-corrected chi connectivity index (χ1v) is 4.93. The van der Waals surface area contributed by atoms with Crippen LogP contribution in [0.3, 0.4) is 0 Å². The van der Waals surface area contributed by atoms with Gasteiger partial charge in [0.05, 0.1) is 13.4 Å². The van der Waals surface area contributed by atoms with E-state index in [-0.39, 0.29) is 5.95 Å². The van der Waals surface area contributed by atoms with Crippen LogP contribution in [-0.4, -0.2) is 17.1 Å². The zero-order valence-electron chi connectivity index (χ0n) is 9.25. The Morgan fingerprint density at radius 1 is 1.47 bits per heavy atom. The Morgan fingerprint density at radius 2 is 2.29 bits per heavy atom. The number of rotatable bonds is 4. The molecule has 2 aromatic rings. The number of anilines is 2. The fourth-order valence-electron chi connectivity index (χ4n) is 1.32. The molecule has 1 unspecified atom stereocenters. The molecular weight excluding hydrogens is 222 g/mol. The molecule has 7 nitrogen and oxygen atoms in total. The first-order valence-electron chi connectivity index (χ1n) is 4.93. The van der Waals surface area contributed by atoms with E-state index in [0.29, 0.717) is 17.5 Å². The minimum atomic E-state index is -0.510. The molecule has 0 aliphatic heterocycles. The zero-order valence-corrected chi connectivity index (χ0v) is 9.25.